The molecule has 1 rings (SSSR count). The van der Waals surface area contributed by atoms with Crippen molar-refractivity contribution in [1.82, 2.24) is 10.4 Å². The average Bonchev–Trinajstić information content (AvgIpc) is 1.94. The van der Waals surface area contributed by atoms with Crippen molar-refractivity contribution in [2.24, 2.45) is 0 Å². The van der Waals surface area contributed by atoms with Crippen LogP contribution in [0.3, 0.4) is 0 Å². The maximum Gasteiger partial charge on any atom is 0.112 e. The Bertz CT molecular complexity index is 196. The third kappa shape index (κ3) is 1.04. The lowest BCUT2D eigenvalue weighted by atomic mass is 10.0. The smallest absolute Gasteiger partial charge is 0.112 e. The van der Waals surface area contributed by atoms with Gasteiger partial charge in [0.15, 0.2) is 0 Å². The van der Waals surface area contributed by atoms with Crippen LogP contribution in [0.25, 0.3) is 0 Å². The van der Waals surface area contributed by atoms with Crippen molar-refractivity contribution in [2.45, 2.75) is 38.9 Å². The van der Waals surface area contributed by atoms with Gasteiger partial charge in [-0.2, -0.15) is 0 Å². The van der Waals surface area contributed by atoms with Gasteiger partial charge < -0.3 is 5.32 Å². The van der Waals surface area contributed by atoms with Gasteiger partial charge in [-0.15, -0.1) is 10.3 Å². The van der Waals surface area contributed by atoms with Crippen molar-refractivity contribution in [3.05, 3.63) is 12.3 Å². The van der Waals surface area contributed by atoms with Crippen LogP contribution in [0.4, 0.5) is 0 Å². The van der Waals surface area contributed by atoms with Crippen molar-refractivity contribution in [3.63, 3.8) is 0 Å². The minimum Gasteiger partial charge on any atom is -0.368 e. The lowest BCUT2D eigenvalue weighted by molar-refractivity contribution is -0.243. The molecule has 63 valence electrons. The highest BCUT2D eigenvalue weighted by atomic mass is 16.5. The molecule has 0 atom stereocenters. The number of hydrogen-bond acceptors (Lipinski definition) is 2. The molecule has 3 heteroatoms. The van der Waals surface area contributed by atoms with Crippen molar-refractivity contribution < 1.29 is 5.21 Å². The maximum atomic E-state index is 11.6. The van der Waals surface area contributed by atoms with Crippen LogP contribution in [0.2, 0.25) is 0 Å². The summed E-state index contributed by atoms with van der Waals surface area (Å²) in [7, 11) is 0. The minimum absolute atomic E-state index is 0.483. The van der Waals surface area contributed by atoms with Gasteiger partial charge in [-0.25, -0.2) is 0 Å². The molecule has 0 aromatic rings. The summed E-state index contributed by atoms with van der Waals surface area (Å²) in [5.41, 5.74) is -0.207. The van der Waals surface area contributed by atoms with E-state index >= 15 is 0 Å². The molecule has 11 heavy (non-hydrogen) atoms. The van der Waals surface area contributed by atoms with E-state index in [-0.39, 0.29) is 0 Å². The SMILES string of the molecule is C=C1NC(C)(C)N([O])C1(C)C. The predicted octanol–water partition coefficient (Wildman–Crippen LogP) is 1.27. The zero-order valence-electron chi connectivity index (χ0n) is 7.56. The molecule has 0 aliphatic carbocycles. The third-order valence-corrected chi connectivity index (χ3v) is 2.21. The molecule has 3 nitrogen and oxygen atoms in total. The quantitative estimate of drug-likeness (QED) is 0.571. The van der Waals surface area contributed by atoms with Crippen LogP contribution in [0, 0.1) is 0 Å². The van der Waals surface area contributed by atoms with E-state index in [1.54, 1.807) is 0 Å². The second kappa shape index (κ2) is 1.99. The molecular weight excluding hydrogens is 140 g/mol. The Morgan fingerprint density at radius 3 is 1.91 bits per heavy atom. The molecule has 0 spiro atoms. The van der Waals surface area contributed by atoms with Gasteiger partial charge in [0.1, 0.15) is 5.66 Å². The second-order valence-electron chi connectivity index (χ2n) is 4.02. The Kier molecular flexibility index (Phi) is 1.55. The van der Waals surface area contributed by atoms with E-state index in [0.717, 1.165) is 10.8 Å². The first-order valence-corrected chi connectivity index (χ1v) is 3.73. The summed E-state index contributed by atoms with van der Waals surface area (Å²) >= 11 is 0. The average molecular weight is 155 g/mol. The molecule has 0 aromatic heterocycles. The van der Waals surface area contributed by atoms with E-state index in [1.165, 1.54) is 0 Å². The monoisotopic (exact) mass is 155 g/mol. The highest BCUT2D eigenvalue weighted by Gasteiger charge is 2.47. The van der Waals surface area contributed by atoms with E-state index in [4.69, 9.17) is 0 Å². The predicted molar refractivity (Wildman–Crippen MR) is 43.0 cm³/mol. The molecule has 1 fully saturated rings. The first kappa shape index (κ1) is 8.56. The topological polar surface area (TPSA) is 35.2 Å². The normalized spacial score (nSPS) is 28.6. The van der Waals surface area contributed by atoms with Crippen molar-refractivity contribution in [3.8, 4) is 0 Å². The first-order valence-electron chi connectivity index (χ1n) is 3.73. The summed E-state index contributed by atoms with van der Waals surface area (Å²) in [6, 6.07) is 0. The fourth-order valence-electron chi connectivity index (χ4n) is 1.39. The standard InChI is InChI=1S/C8H15N2O/c1-6-7(2,3)10(11)8(4,5)9-6/h9H,1H2,2-5H3. The van der Waals surface area contributed by atoms with Crippen LogP contribution >= 0.6 is 0 Å². The molecule has 0 saturated carbocycles. The lowest BCUT2D eigenvalue weighted by Gasteiger charge is -2.29. The number of hydroxylamine groups is 2. The van der Waals surface area contributed by atoms with Gasteiger partial charge in [0.2, 0.25) is 0 Å². The van der Waals surface area contributed by atoms with Gasteiger partial charge in [-0.1, -0.05) is 6.58 Å². The molecule has 1 saturated heterocycles. The highest BCUT2D eigenvalue weighted by Crippen LogP contribution is 2.33. The molecule has 0 amide bonds. The van der Waals surface area contributed by atoms with Crippen LogP contribution in [0.15, 0.2) is 12.3 Å². The maximum absolute atomic E-state index is 11.6. The Labute approximate surface area is 67.7 Å². The van der Waals surface area contributed by atoms with Crippen LogP contribution in [-0.2, 0) is 5.21 Å². The summed E-state index contributed by atoms with van der Waals surface area (Å²) in [5.74, 6) is 0. The fraction of sp³-hybridized carbons (Fsp3) is 0.750. The Balaban J connectivity index is 2.98. The number of hydrogen-bond donors (Lipinski definition) is 1. The molecule has 1 aliphatic heterocycles. The molecule has 1 N–H and O–H groups in total. The van der Waals surface area contributed by atoms with Crippen LogP contribution in [-0.4, -0.2) is 16.3 Å². The lowest BCUT2D eigenvalue weighted by Crippen LogP contribution is -2.47. The molecule has 1 heterocycles. The third-order valence-electron chi connectivity index (χ3n) is 2.21. The van der Waals surface area contributed by atoms with Crippen molar-refractivity contribution in [1.29, 1.82) is 0 Å². The van der Waals surface area contributed by atoms with Gasteiger partial charge in [0, 0.05) is 5.70 Å². The van der Waals surface area contributed by atoms with E-state index in [0.29, 0.717) is 0 Å². The van der Waals surface area contributed by atoms with E-state index in [9.17, 15) is 5.21 Å². The number of nitrogens with zero attached hydrogens (tertiary/aromatic N) is 1. The van der Waals surface area contributed by atoms with Crippen LogP contribution in [0.1, 0.15) is 27.7 Å². The highest BCUT2D eigenvalue weighted by molar-refractivity contribution is 5.19. The van der Waals surface area contributed by atoms with E-state index < -0.39 is 11.2 Å². The largest absolute Gasteiger partial charge is 0.368 e. The van der Waals surface area contributed by atoms with Crippen molar-refractivity contribution >= 4 is 0 Å². The Morgan fingerprint density at radius 1 is 1.36 bits per heavy atom. The first-order chi connectivity index (χ1) is 4.78. The Hall–Kier alpha value is -0.540. The van der Waals surface area contributed by atoms with Gasteiger partial charge in [0.05, 0.1) is 5.54 Å². The molecule has 0 unspecified atom stereocenters. The van der Waals surface area contributed by atoms with Crippen molar-refractivity contribution in [2.75, 3.05) is 0 Å². The van der Waals surface area contributed by atoms with E-state index in [1.807, 2.05) is 27.7 Å². The number of rotatable bonds is 0. The van der Waals surface area contributed by atoms with Gasteiger partial charge in [-0.05, 0) is 27.7 Å². The van der Waals surface area contributed by atoms with Gasteiger partial charge in [-0.3, -0.25) is 0 Å². The molecular formula is C8H15N2O. The Morgan fingerprint density at radius 2 is 1.82 bits per heavy atom. The zero-order valence-corrected chi connectivity index (χ0v) is 7.56. The summed E-state index contributed by atoms with van der Waals surface area (Å²) in [6.45, 7) is 11.2. The summed E-state index contributed by atoms with van der Waals surface area (Å²) in [5, 5.41) is 15.6. The summed E-state index contributed by atoms with van der Waals surface area (Å²) < 4.78 is 0. The molecule has 1 aliphatic rings. The minimum atomic E-state index is -0.513. The van der Waals surface area contributed by atoms with Gasteiger partial charge >= 0.3 is 0 Å². The van der Waals surface area contributed by atoms with Gasteiger partial charge in [0.25, 0.3) is 0 Å². The molecule has 0 aromatic carbocycles. The fourth-order valence-corrected chi connectivity index (χ4v) is 1.39. The molecule has 0 bridgehead atoms. The van der Waals surface area contributed by atoms with Crippen LogP contribution < -0.4 is 5.32 Å². The zero-order chi connectivity index (χ0) is 8.86. The van der Waals surface area contributed by atoms with E-state index in [2.05, 4.69) is 11.9 Å². The summed E-state index contributed by atoms with van der Waals surface area (Å²) in [6.07, 6.45) is 0. The van der Waals surface area contributed by atoms with Crippen LogP contribution in [0.5, 0.6) is 0 Å². The molecule has 1 radical (unpaired) electrons. The second-order valence-corrected chi connectivity index (χ2v) is 4.02. The summed E-state index contributed by atoms with van der Waals surface area (Å²) in [4.78, 5) is 0. The number of nitrogens with one attached hydrogen (secondary N) is 1.